The van der Waals surface area contributed by atoms with Crippen molar-refractivity contribution in [2.24, 2.45) is 0 Å². The summed E-state index contributed by atoms with van der Waals surface area (Å²) in [6, 6.07) is 2.97. The highest BCUT2D eigenvalue weighted by molar-refractivity contribution is 4.93. The fraction of sp³-hybridized carbons (Fsp3) is 0.500. The van der Waals surface area contributed by atoms with Gasteiger partial charge in [0.05, 0.1) is 5.69 Å². The van der Waals surface area contributed by atoms with Gasteiger partial charge in [-0.25, -0.2) is 0 Å². The van der Waals surface area contributed by atoms with Gasteiger partial charge in [0.1, 0.15) is 0 Å². The third kappa shape index (κ3) is 1.09. The van der Waals surface area contributed by atoms with Crippen molar-refractivity contribution in [2.75, 3.05) is 0 Å². The maximum Gasteiger partial charge on any atom is 0.0701 e. The highest BCUT2D eigenvalue weighted by Crippen LogP contribution is 1.93. The van der Waals surface area contributed by atoms with E-state index in [2.05, 4.69) is 23.2 Å². The van der Waals surface area contributed by atoms with E-state index in [1.165, 1.54) is 0 Å². The summed E-state index contributed by atoms with van der Waals surface area (Å²) in [7, 11) is 0. The van der Waals surface area contributed by atoms with Gasteiger partial charge in [0, 0.05) is 12.3 Å². The van der Waals surface area contributed by atoms with E-state index < -0.39 is 0 Å². The van der Waals surface area contributed by atoms with Gasteiger partial charge in [0.2, 0.25) is 0 Å². The SMILES string of the molecule is CCCc1[c]c[nH]n1. The molecule has 2 heteroatoms. The van der Waals surface area contributed by atoms with Crippen LogP contribution in [0.3, 0.4) is 0 Å². The van der Waals surface area contributed by atoms with Gasteiger partial charge in [-0.2, -0.15) is 5.10 Å². The molecule has 1 rings (SSSR count). The van der Waals surface area contributed by atoms with Crippen LogP contribution in [0, 0.1) is 6.07 Å². The Morgan fingerprint density at radius 2 is 2.75 bits per heavy atom. The summed E-state index contributed by atoms with van der Waals surface area (Å²) < 4.78 is 0. The summed E-state index contributed by atoms with van der Waals surface area (Å²) in [6.45, 7) is 2.13. The van der Waals surface area contributed by atoms with E-state index >= 15 is 0 Å². The molecule has 43 valence electrons. The number of aromatic nitrogens is 2. The Kier molecular flexibility index (Phi) is 1.67. The fourth-order valence-corrected chi connectivity index (χ4v) is 0.623. The Bertz CT molecular complexity index is 132. The van der Waals surface area contributed by atoms with Crippen molar-refractivity contribution in [2.45, 2.75) is 19.8 Å². The average Bonchev–Trinajstić information content (AvgIpc) is 2.19. The molecule has 0 spiro atoms. The van der Waals surface area contributed by atoms with Crippen LogP contribution in [0.15, 0.2) is 6.20 Å². The molecule has 0 bridgehead atoms. The highest BCUT2D eigenvalue weighted by Gasteiger charge is 1.88. The molecular formula is C6H9N2. The first-order chi connectivity index (χ1) is 3.93. The molecule has 1 aromatic heterocycles. The van der Waals surface area contributed by atoms with Gasteiger partial charge in [-0.15, -0.1) is 0 Å². The number of hydrogen-bond donors (Lipinski definition) is 1. The van der Waals surface area contributed by atoms with Crippen molar-refractivity contribution in [1.29, 1.82) is 0 Å². The first-order valence-electron chi connectivity index (χ1n) is 2.84. The third-order valence-corrected chi connectivity index (χ3v) is 0.990. The summed E-state index contributed by atoms with van der Waals surface area (Å²) in [6.07, 6.45) is 3.90. The molecule has 1 N–H and O–H groups in total. The van der Waals surface area contributed by atoms with Gasteiger partial charge in [0.15, 0.2) is 0 Å². The largest absolute Gasteiger partial charge is 0.285 e. The van der Waals surface area contributed by atoms with Crippen molar-refractivity contribution in [3.8, 4) is 0 Å². The zero-order chi connectivity index (χ0) is 5.82. The lowest BCUT2D eigenvalue weighted by molar-refractivity contribution is 0.866. The van der Waals surface area contributed by atoms with Crippen LogP contribution in [0.25, 0.3) is 0 Å². The van der Waals surface area contributed by atoms with E-state index in [4.69, 9.17) is 0 Å². The number of aryl methyl sites for hydroxylation is 1. The monoisotopic (exact) mass is 109 g/mol. The number of nitrogens with zero attached hydrogens (tertiary/aromatic N) is 1. The van der Waals surface area contributed by atoms with E-state index in [0.717, 1.165) is 18.5 Å². The molecule has 0 aliphatic rings. The molecule has 1 heterocycles. The Hall–Kier alpha value is -0.790. The van der Waals surface area contributed by atoms with Crippen molar-refractivity contribution in [3.05, 3.63) is 18.0 Å². The van der Waals surface area contributed by atoms with Gasteiger partial charge in [-0.3, -0.25) is 5.10 Å². The molecule has 0 saturated carbocycles. The molecule has 0 atom stereocenters. The molecule has 0 saturated heterocycles. The van der Waals surface area contributed by atoms with Crippen LogP contribution in [0.1, 0.15) is 19.0 Å². The van der Waals surface area contributed by atoms with Crippen LogP contribution in [-0.2, 0) is 6.42 Å². The summed E-state index contributed by atoms with van der Waals surface area (Å²) in [5, 5.41) is 6.63. The van der Waals surface area contributed by atoms with Crippen LogP contribution in [0.5, 0.6) is 0 Å². The normalized spacial score (nSPS) is 9.62. The van der Waals surface area contributed by atoms with Crippen molar-refractivity contribution < 1.29 is 0 Å². The van der Waals surface area contributed by atoms with Crippen LogP contribution in [0.4, 0.5) is 0 Å². The zero-order valence-electron chi connectivity index (χ0n) is 4.94. The topological polar surface area (TPSA) is 28.7 Å². The summed E-state index contributed by atoms with van der Waals surface area (Å²) in [5.41, 5.74) is 1.03. The minimum atomic E-state index is 1.03. The molecule has 0 aliphatic carbocycles. The summed E-state index contributed by atoms with van der Waals surface area (Å²) in [4.78, 5) is 0. The van der Waals surface area contributed by atoms with E-state index in [1.807, 2.05) is 0 Å². The van der Waals surface area contributed by atoms with Crippen molar-refractivity contribution in [3.63, 3.8) is 0 Å². The lowest BCUT2D eigenvalue weighted by Gasteiger charge is -1.83. The quantitative estimate of drug-likeness (QED) is 0.606. The molecule has 2 nitrogen and oxygen atoms in total. The highest BCUT2D eigenvalue weighted by atomic mass is 15.1. The molecule has 0 aromatic carbocycles. The van der Waals surface area contributed by atoms with Gasteiger partial charge < -0.3 is 0 Å². The molecular weight excluding hydrogens is 100 g/mol. The lowest BCUT2D eigenvalue weighted by atomic mass is 10.3. The van der Waals surface area contributed by atoms with Gasteiger partial charge in [-0.1, -0.05) is 13.3 Å². The van der Waals surface area contributed by atoms with Crippen LogP contribution in [0.2, 0.25) is 0 Å². The zero-order valence-corrected chi connectivity index (χ0v) is 4.94. The Morgan fingerprint density at radius 3 is 3.25 bits per heavy atom. The molecule has 0 fully saturated rings. The Morgan fingerprint density at radius 1 is 1.88 bits per heavy atom. The minimum Gasteiger partial charge on any atom is -0.285 e. The number of aromatic amines is 1. The molecule has 0 aliphatic heterocycles. The van der Waals surface area contributed by atoms with E-state index in [-0.39, 0.29) is 0 Å². The number of H-pyrrole nitrogens is 1. The summed E-state index contributed by atoms with van der Waals surface area (Å²) >= 11 is 0. The minimum absolute atomic E-state index is 1.03. The van der Waals surface area contributed by atoms with Gasteiger partial charge in [0.25, 0.3) is 0 Å². The number of hydrogen-bond acceptors (Lipinski definition) is 1. The van der Waals surface area contributed by atoms with Crippen LogP contribution >= 0.6 is 0 Å². The van der Waals surface area contributed by atoms with E-state index in [0.29, 0.717) is 0 Å². The van der Waals surface area contributed by atoms with Crippen molar-refractivity contribution in [1.82, 2.24) is 10.2 Å². The summed E-state index contributed by atoms with van der Waals surface area (Å²) in [5.74, 6) is 0. The smallest absolute Gasteiger partial charge is 0.0701 e. The molecule has 0 unspecified atom stereocenters. The Balaban J connectivity index is 2.50. The standard InChI is InChI=1S/C6H9N2/c1-2-3-6-4-5-7-8-6/h5H,2-3H2,1H3,(H,7,8). The molecule has 8 heavy (non-hydrogen) atoms. The van der Waals surface area contributed by atoms with Crippen LogP contribution in [-0.4, -0.2) is 10.2 Å². The van der Waals surface area contributed by atoms with E-state index in [1.54, 1.807) is 6.20 Å². The predicted molar refractivity (Wildman–Crippen MR) is 31.4 cm³/mol. The van der Waals surface area contributed by atoms with Crippen LogP contribution < -0.4 is 0 Å². The lowest BCUT2D eigenvalue weighted by Crippen LogP contribution is -1.81. The van der Waals surface area contributed by atoms with Gasteiger partial charge >= 0.3 is 0 Å². The number of rotatable bonds is 2. The molecule has 1 radical (unpaired) electrons. The predicted octanol–water partition coefficient (Wildman–Crippen LogP) is 1.16. The second-order valence-electron chi connectivity index (χ2n) is 1.73. The molecule has 0 amide bonds. The first kappa shape index (κ1) is 5.35. The Labute approximate surface area is 48.9 Å². The van der Waals surface area contributed by atoms with Crippen molar-refractivity contribution >= 4 is 0 Å². The van der Waals surface area contributed by atoms with Gasteiger partial charge in [-0.05, 0) is 6.42 Å². The number of nitrogens with one attached hydrogen (secondary N) is 1. The average molecular weight is 109 g/mol. The first-order valence-corrected chi connectivity index (χ1v) is 2.84. The fourth-order valence-electron chi connectivity index (χ4n) is 0.623. The maximum atomic E-state index is 3.93. The second-order valence-corrected chi connectivity index (χ2v) is 1.73. The molecule has 1 aromatic rings. The maximum absolute atomic E-state index is 3.93. The second kappa shape index (κ2) is 2.50. The third-order valence-electron chi connectivity index (χ3n) is 0.990. The van der Waals surface area contributed by atoms with E-state index in [9.17, 15) is 0 Å².